The Morgan fingerprint density at radius 1 is 1.30 bits per heavy atom. The molecule has 112 valence electrons. The Labute approximate surface area is 119 Å². The lowest BCUT2D eigenvalue weighted by Gasteiger charge is -2.36. The van der Waals surface area contributed by atoms with Gasteiger partial charge in [-0.3, -0.25) is 0 Å². The highest BCUT2D eigenvalue weighted by atomic mass is 19.2. The van der Waals surface area contributed by atoms with E-state index in [4.69, 9.17) is 0 Å². The van der Waals surface area contributed by atoms with Crippen molar-refractivity contribution in [3.8, 4) is 0 Å². The van der Waals surface area contributed by atoms with Crippen LogP contribution in [0.4, 0.5) is 8.78 Å². The Bertz CT molecular complexity index is 442. The van der Waals surface area contributed by atoms with Crippen molar-refractivity contribution in [1.82, 2.24) is 5.32 Å². The number of rotatable bonds is 5. The number of benzene rings is 1. The molecule has 0 saturated heterocycles. The predicted octanol–water partition coefficient (Wildman–Crippen LogP) is 3.39. The van der Waals surface area contributed by atoms with Crippen LogP contribution in [0.15, 0.2) is 18.2 Å². The van der Waals surface area contributed by atoms with E-state index in [2.05, 4.69) is 12.2 Å². The first kappa shape index (κ1) is 15.4. The zero-order valence-corrected chi connectivity index (χ0v) is 12.0. The maximum atomic E-state index is 13.5. The molecule has 2 nitrogen and oxygen atoms in total. The molecule has 1 aromatic carbocycles. The molecule has 2 N–H and O–H groups in total. The van der Waals surface area contributed by atoms with Crippen molar-refractivity contribution < 1.29 is 13.9 Å². The van der Waals surface area contributed by atoms with Gasteiger partial charge in [0.25, 0.3) is 0 Å². The Hall–Kier alpha value is -1.00. The van der Waals surface area contributed by atoms with Gasteiger partial charge < -0.3 is 10.4 Å². The number of nitrogens with one attached hydrogen (secondary N) is 1. The van der Waals surface area contributed by atoms with Crippen LogP contribution >= 0.6 is 0 Å². The van der Waals surface area contributed by atoms with Crippen LogP contribution < -0.4 is 5.32 Å². The van der Waals surface area contributed by atoms with Crippen molar-refractivity contribution in [2.75, 3.05) is 6.54 Å². The van der Waals surface area contributed by atoms with Crippen LogP contribution in [0, 0.1) is 17.6 Å². The Morgan fingerprint density at radius 2 is 2.00 bits per heavy atom. The molecule has 0 spiro atoms. The maximum absolute atomic E-state index is 13.5. The predicted molar refractivity (Wildman–Crippen MR) is 75.3 cm³/mol. The summed E-state index contributed by atoms with van der Waals surface area (Å²) in [5.41, 5.74) is -0.397. The van der Waals surface area contributed by atoms with Gasteiger partial charge in [-0.05, 0) is 37.7 Å². The smallest absolute Gasteiger partial charge is 0.163 e. The van der Waals surface area contributed by atoms with Crippen LogP contribution in [0.2, 0.25) is 0 Å². The minimum atomic E-state index is -0.827. The molecule has 1 aliphatic carbocycles. The van der Waals surface area contributed by atoms with Crippen LogP contribution in [0.3, 0.4) is 0 Å². The van der Waals surface area contributed by atoms with Gasteiger partial charge in [-0.1, -0.05) is 25.5 Å². The summed E-state index contributed by atoms with van der Waals surface area (Å²) < 4.78 is 26.5. The average molecular weight is 283 g/mol. The summed E-state index contributed by atoms with van der Waals surface area (Å²) in [6, 6.07) is 4.17. The van der Waals surface area contributed by atoms with Crippen molar-refractivity contribution in [2.45, 2.75) is 51.2 Å². The molecule has 1 aliphatic rings. The van der Waals surface area contributed by atoms with Gasteiger partial charge in [0.15, 0.2) is 11.6 Å². The minimum Gasteiger partial charge on any atom is -0.389 e. The molecule has 0 aliphatic heterocycles. The number of halogens is 2. The van der Waals surface area contributed by atoms with Gasteiger partial charge in [0.1, 0.15) is 0 Å². The van der Waals surface area contributed by atoms with E-state index in [1.54, 1.807) is 6.07 Å². The minimum absolute atomic E-state index is 0.239. The normalized spacial score (nSPS) is 26.7. The molecule has 20 heavy (non-hydrogen) atoms. The Balaban J connectivity index is 1.82. The quantitative estimate of drug-likeness (QED) is 0.868. The van der Waals surface area contributed by atoms with Gasteiger partial charge in [0.2, 0.25) is 0 Å². The maximum Gasteiger partial charge on any atom is 0.163 e. The third-order valence-electron chi connectivity index (χ3n) is 4.41. The molecule has 0 atom stereocenters. The molecule has 1 aromatic rings. The summed E-state index contributed by atoms with van der Waals surface area (Å²) >= 11 is 0. The number of hydrogen-bond donors (Lipinski definition) is 2. The zero-order valence-electron chi connectivity index (χ0n) is 12.0. The van der Waals surface area contributed by atoms with Gasteiger partial charge in [-0.15, -0.1) is 0 Å². The van der Waals surface area contributed by atoms with Crippen molar-refractivity contribution in [2.24, 2.45) is 5.92 Å². The topological polar surface area (TPSA) is 32.3 Å². The zero-order chi connectivity index (χ0) is 14.6. The van der Waals surface area contributed by atoms with Crippen molar-refractivity contribution in [1.29, 1.82) is 0 Å². The van der Waals surface area contributed by atoms with Gasteiger partial charge in [0, 0.05) is 18.7 Å². The van der Waals surface area contributed by atoms with Crippen molar-refractivity contribution >= 4 is 0 Å². The molecule has 0 unspecified atom stereocenters. The van der Waals surface area contributed by atoms with Crippen molar-refractivity contribution in [3.05, 3.63) is 35.4 Å². The summed E-state index contributed by atoms with van der Waals surface area (Å²) in [5.74, 6) is -0.913. The molecule has 1 saturated carbocycles. The fourth-order valence-corrected chi connectivity index (χ4v) is 2.91. The molecular formula is C16H23F2NO. The molecule has 0 amide bonds. The lowest BCUT2D eigenvalue weighted by Crippen LogP contribution is -2.43. The monoisotopic (exact) mass is 283 g/mol. The van der Waals surface area contributed by atoms with E-state index in [1.807, 2.05) is 0 Å². The highest BCUT2D eigenvalue weighted by Crippen LogP contribution is 2.33. The largest absolute Gasteiger partial charge is 0.389 e. The summed E-state index contributed by atoms with van der Waals surface area (Å²) in [6.07, 6.45) is 4.82. The lowest BCUT2D eigenvalue weighted by atomic mass is 9.78. The third kappa shape index (κ3) is 3.76. The summed E-state index contributed by atoms with van der Waals surface area (Å²) in [6.45, 7) is 2.85. The van der Waals surface area contributed by atoms with Gasteiger partial charge in [0.05, 0.1) is 5.60 Å². The highest BCUT2D eigenvalue weighted by Gasteiger charge is 2.32. The molecule has 0 aromatic heterocycles. The first-order valence-electron chi connectivity index (χ1n) is 7.40. The fraction of sp³-hybridized carbons (Fsp3) is 0.625. The number of aliphatic hydroxyl groups is 1. The third-order valence-corrected chi connectivity index (χ3v) is 4.41. The van der Waals surface area contributed by atoms with Crippen molar-refractivity contribution in [3.63, 3.8) is 0 Å². The van der Waals surface area contributed by atoms with E-state index in [0.29, 0.717) is 12.1 Å². The average Bonchev–Trinajstić information content (AvgIpc) is 2.44. The first-order chi connectivity index (χ1) is 9.54. The standard InChI is InChI=1S/C16H23F2NO/c1-2-12-6-8-16(20,9-7-12)11-19-10-13-4-3-5-14(17)15(13)18/h3-5,12,19-20H,2,6-11H2,1H3. The first-order valence-corrected chi connectivity index (χ1v) is 7.40. The van der Waals surface area contributed by atoms with Crippen LogP contribution in [-0.2, 0) is 6.54 Å². The summed E-state index contributed by atoms with van der Waals surface area (Å²) in [5, 5.41) is 13.5. The van der Waals surface area contributed by atoms with E-state index in [0.717, 1.165) is 44.1 Å². The molecule has 1 fully saturated rings. The Kier molecular flexibility index (Phi) is 5.11. The van der Waals surface area contributed by atoms with Crippen LogP contribution in [0.1, 0.15) is 44.6 Å². The van der Waals surface area contributed by atoms with Gasteiger partial charge >= 0.3 is 0 Å². The second kappa shape index (κ2) is 6.64. The number of hydrogen-bond acceptors (Lipinski definition) is 2. The van der Waals surface area contributed by atoms with E-state index in [-0.39, 0.29) is 6.54 Å². The van der Waals surface area contributed by atoms with E-state index < -0.39 is 17.2 Å². The molecule has 0 heterocycles. The van der Waals surface area contributed by atoms with E-state index in [9.17, 15) is 13.9 Å². The highest BCUT2D eigenvalue weighted by molar-refractivity contribution is 5.18. The van der Waals surface area contributed by atoms with Gasteiger partial charge in [-0.2, -0.15) is 0 Å². The second-order valence-electron chi connectivity index (χ2n) is 5.89. The van der Waals surface area contributed by atoms with Crippen LogP contribution in [0.25, 0.3) is 0 Å². The molecule has 0 radical (unpaired) electrons. The Morgan fingerprint density at radius 3 is 2.65 bits per heavy atom. The van der Waals surface area contributed by atoms with Crippen LogP contribution in [0.5, 0.6) is 0 Å². The summed E-state index contributed by atoms with van der Waals surface area (Å²) in [4.78, 5) is 0. The molecule has 2 rings (SSSR count). The van der Waals surface area contributed by atoms with E-state index >= 15 is 0 Å². The SMILES string of the molecule is CCC1CCC(O)(CNCc2cccc(F)c2F)CC1. The van der Waals surface area contributed by atoms with Gasteiger partial charge in [-0.25, -0.2) is 8.78 Å². The van der Waals surface area contributed by atoms with E-state index in [1.165, 1.54) is 6.07 Å². The lowest BCUT2D eigenvalue weighted by molar-refractivity contribution is -0.00886. The molecule has 4 heteroatoms. The fourth-order valence-electron chi connectivity index (χ4n) is 2.91. The second-order valence-corrected chi connectivity index (χ2v) is 5.89. The molecule has 0 bridgehead atoms. The summed E-state index contributed by atoms with van der Waals surface area (Å²) in [7, 11) is 0. The van der Waals surface area contributed by atoms with Crippen LogP contribution in [-0.4, -0.2) is 17.3 Å². The molecular weight excluding hydrogens is 260 g/mol.